The minimum atomic E-state index is 0.201. The van der Waals surface area contributed by atoms with E-state index >= 15 is 0 Å². The summed E-state index contributed by atoms with van der Waals surface area (Å²) in [5.41, 5.74) is 0. The molecule has 4 heteroatoms. The summed E-state index contributed by atoms with van der Waals surface area (Å²) in [5.74, 6) is 2.33. The third-order valence-electron chi connectivity index (χ3n) is 2.64. The number of carbonyl (C=O) groups excluding carboxylic acids is 1. The average molecular weight is 261 g/mol. The zero-order valence-electron chi connectivity index (χ0n) is 11.2. The summed E-state index contributed by atoms with van der Waals surface area (Å²) in [6, 6.07) is 0. The van der Waals surface area contributed by atoms with E-state index in [1.54, 1.807) is 11.8 Å². The Hall–Kier alpha value is -0.220. The van der Waals surface area contributed by atoms with Crippen molar-refractivity contribution >= 4 is 17.7 Å². The fourth-order valence-corrected chi connectivity index (χ4v) is 2.55. The van der Waals surface area contributed by atoms with Crippen LogP contribution in [0.5, 0.6) is 0 Å². The average Bonchev–Trinajstić information content (AvgIpc) is 2.33. The summed E-state index contributed by atoms with van der Waals surface area (Å²) < 4.78 is 0. The van der Waals surface area contributed by atoms with Gasteiger partial charge in [0, 0.05) is 24.8 Å². The maximum atomic E-state index is 11.9. The number of nitrogens with one attached hydrogen (secondary N) is 1. The quantitative estimate of drug-likeness (QED) is 0.562. The van der Waals surface area contributed by atoms with E-state index in [1.165, 1.54) is 0 Å². The van der Waals surface area contributed by atoms with E-state index in [4.69, 9.17) is 5.11 Å². The lowest BCUT2D eigenvalue weighted by atomic mass is 9.97. The van der Waals surface area contributed by atoms with Crippen molar-refractivity contribution in [2.45, 2.75) is 46.0 Å². The zero-order valence-corrected chi connectivity index (χ0v) is 12.0. The second-order valence-electron chi connectivity index (χ2n) is 4.25. The molecule has 2 N–H and O–H groups in total. The molecule has 0 saturated carbocycles. The summed E-state index contributed by atoms with van der Waals surface area (Å²) in [5, 5.41) is 11.6. The summed E-state index contributed by atoms with van der Waals surface area (Å²) in [4.78, 5) is 11.9. The highest BCUT2D eigenvalue weighted by Crippen LogP contribution is 2.13. The Morgan fingerprint density at radius 1 is 1.24 bits per heavy atom. The fourth-order valence-electron chi connectivity index (χ4n) is 1.76. The van der Waals surface area contributed by atoms with Crippen molar-refractivity contribution in [3.8, 4) is 0 Å². The molecule has 0 aromatic rings. The molecule has 17 heavy (non-hydrogen) atoms. The van der Waals surface area contributed by atoms with Crippen molar-refractivity contribution in [3.05, 3.63) is 0 Å². The number of hydrogen-bond donors (Lipinski definition) is 2. The number of amides is 1. The molecule has 0 bridgehead atoms. The van der Waals surface area contributed by atoms with Gasteiger partial charge in [-0.05, 0) is 25.0 Å². The van der Waals surface area contributed by atoms with E-state index < -0.39 is 0 Å². The second kappa shape index (κ2) is 12.2. The van der Waals surface area contributed by atoms with E-state index in [-0.39, 0.29) is 18.4 Å². The van der Waals surface area contributed by atoms with Crippen molar-refractivity contribution in [2.75, 3.05) is 24.7 Å². The van der Waals surface area contributed by atoms with Crippen molar-refractivity contribution in [1.82, 2.24) is 5.32 Å². The van der Waals surface area contributed by atoms with Crippen LogP contribution in [0.2, 0.25) is 0 Å². The van der Waals surface area contributed by atoms with Gasteiger partial charge < -0.3 is 10.4 Å². The van der Waals surface area contributed by atoms with Gasteiger partial charge in [-0.2, -0.15) is 11.8 Å². The Kier molecular flexibility index (Phi) is 12.1. The Bertz CT molecular complexity index is 182. The third-order valence-corrected chi connectivity index (χ3v) is 3.71. The molecular formula is C13H27NO2S. The summed E-state index contributed by atoms with van der Waals surface area (Å²) >= 11 is 1.78. The first-order valence-corrected chi connectivity index (χ1v) is 7.88. The Labute approximate surface area is 110 Å². The van der Waals surface area contributed by atoms with Crippen molar-refractivity contribution < 1.29 is 9.90 Å². The molecule has 0 aromatic carbocycles. The molecule has 0 saturated heterocycles. The molecule has 0 spiro atoms. The van der Waals surface area contributed by atoms with Crippen molar-refractivity contribution in [2.24, 2.45) is 5.92 Å². The molecular weight excluding hydrogens is 234 g/mol. The molecule has 0 aliphatic carbocycles. The first-order valence-electron chi connectivity index (χ1n) is 6.72. The van der Waals surface area contributed by atoms with Gasteiger partial charge in [-0.15, -0.1) is 0 Å². The van der Waals surface area contributed by atoms with E-state index in [0.29, 0.717) is 0 Å². The van der Waals surface area contributed by atoms with Gasteiger partial charge in [-0.3, -0.25) is 4.79 Å². The number of thioether (sulfide) groups is 1. The molecule has 0 aliphatic rings. The van der Waals surface area contributed by atoms with Crippen LogP contribution in [0.15, 0.2) is 0 Å². The van der Waals surface area contributed by atoms with Gasteiger partial charge in [0.25, 0.3) is 0 Å². The third kappa shape index (κ3) is 9.48. The first kappa shape index (κ1) is 16.8. The molecule has 0 unspecified atom stereocenters. The van der Waals surface area contributed by atoms with Crippen LogP contribution in [-0.2, 0) is 4.79 Å². The van der Waals surface area contributed by atoms with E-state index in [9.17, 15) is 4.79 Å². The normalized spacial score (nSPS) is 10.8. The molecule has 0 heterocycles. The van der Waals surface area contributed by atoms with Crippen LogP contribution in [0.1, 0.15) is 46.0 Å². The maximum absolute atomic E-state index is 11.9. The standard InChI is InChI=1S/C13H27NO2S/c1-3-6-12(7-4-2)13(16)14-8-11-17-10-5-9-15/h12,15H,3-11H2,1-2H3,(H,14,16). The number of hydrogen-bond acceptors (Lipinski definition) is 3. The number of aliphatic hydroxyl groups is 1. The maximum Gasteiger partial charge on any atom is 0.223 e. The van der Waals surface area contributed by atoms with Crippen LogP contribution >= 0.6 is 11.8 Å². The molecule has 1 amide bonds. The van der Waals surface area contributed by atoms with Gasteiger partial charge in [-0.25, -0.2) is 0 Å². The summed E-state index contributed by atoms with van der Waals surface area (Å²) in [7, 11) is 0. The molecule has 3 nitrogen and oxygen atoms in total. The highest BCUT2D eigenvalue weighted by Gasteiger charge is 2.15. The second-order valence-corrected chi connectivity index (χ2v) is 5.48. The van der Waals surface area contributed by atoms with Crippen LogP contribution in [0, 0.1) is 5.92 Å². The SMILES string of the molecule is CCCC(CCC)C(=O)NCCSCCCO. The minimum Gasteiger partial charge on any atom is -0.396 e. The van der Waals surface area contributed by atoms with Gasteiger partial charge in [0.15, 0.2) is 0 Å². The predicted octanol–water partition coefficient (Wildman–Crippen LogP) is 2.43. The van der Waals surface area contributed by atoms with Gasteiger partial charge in [-0.1, -0.05) is 26.7 Å². The summed E-state index contributed by atoms with van der Waals surface area (Å²) in [6.45, 7) is 5.26. The molecule has 0 atom stereocenters. The van der Waals surface area contributed by atoms with E-state index in [1.807, 2.05) is 0 Å². The molecule has 0 aliphatic heterocycles. The van der Waals surface area contributed by atoms with Crippen molar-refractivity contribution in [3.63, 3.8) is 0 Å². The van der Waals surface area contributed by atoms with Crippen LogP contribution in [0.25, 0.3) is 0 Å². The summed E-state index contributed by atoms with van der Waals surface area (Å²) in [6.07, 6.45) is 4.98. The minimum absolute atomic E-state index is 0.201. The van der Waals surface area contributed by atoms with Gasteiger partial charge >= 0.3 is 0 Å². The molecule has 0 aromatic heterocycles. The topological polar surface area (TPSA) is 49.3 Å². The monoisotopic (exact) mass is 261 g/mol. The van der Waals surface area contributed by atoms with Gasteiger partial charge in [0.1, 0.15) is 0 Å². The molecule has 0 fully saturated rings. The van der Waals surface area contributed by atoms with E-state index in [0.717, 1.165) is 50.2 Å². The zero-order chi connectivity index (χ0) is 12.9. The van der Waals surface area contributed by atoms with Gasteiger partial charge in [0.05, 0.1) is 0 Å². The first-order chi connectivity index (χ1) is 8.26. The number of aliphatic hydroxyl groups excluding tert-OH is 1. The Morgan fingerprint density at radius 3 is 2.41 bits per heavy atom. The van der Waals surface area contributed by atoms with E-state index in [2.05, 4.69) is 19.2 Å². The predicted molar refractivity (Wildman–Crippen MR) is 75.3 cm³/mol. The molecule has 0 rings (SSSR count). The van der Waals surface area contributed by atoms with Crippen molar-refractivity contribution in [1.29, 1.82) is 0 Å². The smallest absolute Gasteiger partial charge is 0.223 e. The highest BCUT2D eigenvalue weighted by atomic mass is 32.2. The Balaban J connectivity index is 3.59. The fraction of sp³-hybridized carbons (Fsp3) is 0.923. The number of rotatable bonds is 11. The lowest BCUT2D eigenvalue weighted by Gasteiger charge is -2.15. The van der Waals surface area contributed by atoms with Gasteiger partial charge in [0.2, 0.25) is 5.91 Å². The Morgan fingerprint density at radius 2 is 1.88 bits per heavy atom. The van der Waals surface area contributed by atoms with Crippen LogP contribution in [0.3, 0.4) is 0 Å². The lowest BCUT2D eigenvalue weighted by molar-refractivity contribution is -0.125. The molecule has 102 valence electrons. The highest BCUT2D eigenvalue weighted by molar-refractivity contribution is 7.99. The van der Waals surface area contributed by atoms with Crippen LogP contribution in [-0.4, -0.2) is 35.7 Å². The lowest BCUT2D eigenvalue weighted by Crippen LogP contribution is -2.32. The number of carbonyl (C=O) groups is 1. The molecule has 0 radical (unpaired) electrons. The largest absolute Gasteiger partial charge is 0.396 e. The van der Waals surface area contributed by atoms with Crippen LogP contribution in [0.4, 0.5) is 0 Å². The van der Waals surface area contributed by atoms with Crippen LogP contribution < -0.4 is 5.32 Å².